The number of hydrogen-bond acceptors (Lipinski definition) is 7. The topological polar surface area (TPSA) is 51.6 Å². The van der Waals surface area contributed by atoms with Crippen LogP contribution < -0.4 is 14.7 Å². The zero-order valence-electron chi connectivity index (χ0n) is 16.0. The Balaban J connectivity index is 1.44. The lowest BCUT2D eigenvalue weighted by atomic mass is 10.2. The monoisotopic (exact) mass is 371 g/mol. The van der Waals surface area contributed by atoms with E-state index in [1.54, 1.807) is 6.07 Å². The van der Waals surface area contributed by atoms with Crippen LogP contribution in [0.2, 0.25) is 0 Å². The van der Waals surface area contributed by atoms with Gasteiger partial charge in [-0.3, -0.25) is 0 Å². The molecule has 0 bridgehead atoms. The van der Waals surface area contributed by atoms with Gasteiger partial charge in [-0.15, -0.1) is 0 Å². The van der Waals surface area contributed by atoms with Crippen molar-refractivity contribution >= 4 is 17.5 Å². The molecule has 2 aliphatic rings. The molecule has 2 aromatic rings. The van der Waals surface area contributed by atoms with Gasteiger partial charge in [-0.25, -0.2) is 19.3 Å². The van der Waals surface area contributed by atoms with Gasteiger partial charge in [0.25, 0.3) is 0 Å². The van der Waals surface area contributed by atoms with Crippen molar-refractivity contribution < 1.29 is 4.39 Å². The second-order valence-electron chi connectivity index (χ2n) is 7.23. The Morgan fingerprint density at radius 2 is 1.30 bits per heavy atom. The van der Waals surface area contributed by atoms with Crippen LogP contribution >= 0.6 is 0 Å². The number of piperazine rings is 2. The molecule has 0 amide bonds. The quantitative estimate of drug-likeness (QED) is 0.808. The molecule has 7 nitrogen and oxygen atoms in total. The lowest BCUT2D eigenvalue weighted by Gasteiger charge is -2.37. The van der Waals surface area contributed by atoms with Crippen LogP contribution in [0.1, 0.15) is 5.82 Å². The van der Waals surface area contributed by atoms with E-state index in [0.717, 1.165) is 75.6 Å². The summed E-state index contributed by atoms with van der Waals surface area (Å²) < 4.78 is 13.1. The summed E-state index contributed by atoms with van der Waals surface area (Å²) in [7, 11) is 2.16. The number of pyridine rings is 1. The number of aryl methyl sites for hydroxylation is 1. The number of halogens is 1. The molecule has 0 atom stereocenters. The van der Waals surface area contributed by atoms with Gasteiger partial charge in [-0.2, -0.15) is 0 Å². The van der Waals surface area contributed by atoms with E-state index in [1.807, 2.05) is 6.92 Å². The van der Waals surface area contributed by atoms with Gasteiger partial charge in [0.2, 0.25) is 0 Å². The van der Waals surface area contributed by atoms with Crippen molar-refractivity contribution in [3.8, 4) is 0 Å². The number of likely N-dealkylation sites (N-methyl/N-ethyl adjacent to an activating group) is 1. The fourth-order valence-corrected chi connectivity index (χ4v) is 3.62. The van der Waals surface area contributed by atoms with Crippen LogP contribution in [0.25, 0.3) is 0 Å². The predicted molar refractivity (Wildman–Crippen MR) is 105 cm³/mol. The summed E-state index contributed by atoms with van der Waals surface area (Å²) in [5, 5.41) is 0. The largest absolute Gasteiger partial charge is 0.354 e. The zero-order chi connectivity index (χ0) is 18.8. The van der Waals surface area contributed by atoms with Gasteiger partial charge in [0.15, 0.2) is 0 Å². The number of hydrogen-bond donors (Lipinski definition) is 0. The molecule has 0 N–H and O–H groups in total. The molecule has 8 heteroatoms. The van der Waals surface area contributed by atoms with Crippen molar-refractivity contribution in [3.05, 3.63) is 36.0 Å². The van der Waals surface area contributed by atoms with Crippen molar-refractivity contribution in [2.24, 2.45) is 0 Å². The average molecular weight is 371 g/mol. The molecule has 4 heterocycles. The Morgan fingerprint density at radius 1 is 0.778 bits per heavy atom. The Kier molecular flexibility index (Phi) is 5.07. The van der Waals surface area contributed by atoms with E-state index in [9.17, 15) is 4.39 Å². The molecule has 144 valence electrons. The maximum Gasteiger partial charge on any atom is 0.141 e. The first-order valence-corrected chi connectivity index (χ1v) is 9.49. The average Bonchev–Trinajstić information content (AvgIpc) is 2.69. The third-order valence-electron chi connectivity index (χ3n) is 5.28. The molecular formula is C19H26FN7. The van der Waals surface area contributed by atoms with Crippen LogP contribution in [0.4, 0.5) is 21.8 Å². The van der Waals surface area contributed by atoms with Gasteiger partial charge >= 0.3 is 0 Å². The molecule has 4 rings (SSSR count). The smallest absolute Gasteiger partial charge is 0.141 e. The van der Waals surface area contributed by atoms with Crippen LogP contribution in [-0.2, 0) is 0 Å². The second-order valence-corrected chi connectivity index (χ2v) is 7.23. The summed E-state index contributed by atoms with van der Waals surface area (Å²) in [6, 6.07) is 5.32. The minimum atomic E-state index is -0.301. The Labute approximate surface area is 159 Å². The van der Waals surface area contributed by atoms with Crippen LogP contribution in [0.5, 0.6) is 0 Å². The van der Waals surface area contributed by atoms with Gasteiger partial charge in [0.05, 0.1) is 6.20 Å². The molecule has 0 spiro atoms. The van der Waals surface area contributed by atoms with Gasteiger partial charge < -0.3 is 19.6 Å². The first-order chi connectivity index (χ1) is 13.1. The number of nitrogens with zero attached hydrogens (tertiary/aromatic N) is 7. The highest BCUT2D eigenvalue weighted by molar-refractivity contribution is 5.53. The van der Waals surface area contributed by atoms with Gasteiger partial charge in [0.1, 0.15) is 29.1 Å². The summed E-state index contributed by atoms with van der Waals surface area (Å²) in [5.74, 6) is 3.35. The van der Waals surface area contributed by atoms with E-state index in [4.69, 9.17) is 0 Å². The van der Waals surface area contributed by atoms with E-state index in [0.29, 0.717) is 0 Å². The van der Waals surface area contributed by atoms with E-state index >= 15 is 0 Å². The maximum absolute atomic E-state index is 13.1. The number of rotatable bonds is 3. The van der Waals surface area contributed by atoms with E-state index in [2.05, 4.69) is 47.7 Å². The molecule has 2 saturated heterocycles. The summed E-state index contributed by atoms with van der Waals surface area (Å²) in [5.41, 5.74) is 0. The van der Waals surface area contributed by atoms with Crippen LogP contribution in [0.3, 0.4) is 0 Å². The molecular weight excluding hydrogens is 345 g/mol. The molecule has 0 radical (unpaired) electrons. The lowest BCUT2D eigenvalue weighted by molar-refractivity contribution is 0.312. The van der Waals surface area contributed by atoms with Crippen LogP contribution in [-0.4, -0.2) is 79.3 Å². The molecule has 2 aromatic heterocycles. The normalized spacial score (nSPS) is 18.9. The van der Waals surface area contributed by atoms with Crippen molar-refractivity contribution in [2.45, 2.75) is 6.92 Å². The maximum atomic E-state index is 13.1. The van der Waals surface area contributed by atoms with Gasteiger partial charge in [-0.1, -0.05) is 0 Å². The van der Waals surface area contributed by atoms with Crippen molar-refractivity contribution in [1.82, 2.24) is 19.9 Å². The summed E-state index contributed by atoms with van der Waals surface area (Å²) in [6.07, 6.45) is 1.28. The molecule has 0 aliphatic carbocycles. The highest BCUT2D eigenvalue weighted by Crippen LogP contribution is 2.22. The Morgan fingerprint density at radius 3 is 1.81 bits per heavy atom. The van der Waals surface area contributed by atoms with E-state index < -0.39 is 0 Å². The van der Waals surface area contributed by atoms with Crippen molar-refractivity contribution in [3.63, 3.8) is 0 Å². The fraction of sp³-hybridized carbons (Fsp3) is 0.526. The highest BCUT2D eigenvalue weighted by atomic mass is 19.1. The SMILES string of the molecule is Cc1nc(N2CCN(C)CC2)cc(N2CCN(c3ccc(F)cn3)CC2)n1. The first-order valence-electron chi connectivity index (χ1n) is 9.49. The highest BCUT2D eigenvalue weighted by Gasteiger charge is 2.22. The summed E-state index contributed by atoms with van der Waals surface area (Å²) in [6.45, 7) is 9.46. The summed E-state index contributed by atoms with van der Waals surface area (Å²) >= 11 is 0. The Bertz CT molecular complexity index is 766. The van der Waals surface area contributed by atoms with Crippen LogP contribution in [0.15, 0.2) is 24.4 Å². The zero-order valence-corrected chi connectivity index (χ0v) is 16.0. The predicted octanol–water partition coefficient (Wildman–Crippen LogP) is 1.40. The first kappa shape index (κ1) is 17.9. The Hall–Kier alpha value is -2.48. The van der Waals surface area contributed by atoms with Crippen molar-refractivity contribution in [1.29, 1.82) is 0 Å². The van der Waals surface area contributed by atoms with E-state index in [1.165, 1.54) is 12.3 Å². The molecule has 2 aliphatic heterocycles. The molecule has 0 saturated carbocycles. The second kappa shape index (κ2) is 7.64. The summed E-state index contributed by atoms with van der Waals surface area (Å²) in [4.78, 5) is 22.7. The third-order valence-corrected chi connectivity index (χ3v) is 5.28. The minimum absolute atomic E-state index is 0.301. The molecule has 2 fully saturated rings. The molecule has 0 unspecified atom stereocenters. The fourth-order valence-electron chi connectivity index (χ4n) is 3.62. The lowest BCUT2D eigenvalue weighted by Crippen LogP contribution is -2.47. The number of aromatic nitrogens is 3. The van der Waals surface area contributed by atoms with E-state index in [-0.39, 0.29) is 5.82 Å². The number of anilines is 3. The van der Waals surface area contributed by atoms with Gasteiger partial charge in [0, 0.05) is 58.4 Å². The third kappa shape index (κ3) is 4.10. The van der Waals surface area contributed by atoms with Crippen LogP contribution in [0, 0.1) is 12.7 Å². The van der Waals surface area contributed by atoms with Crippen molar-refractivity contribution in [2.75, 3.05) is 74.1 Å². The molecule has 0 aromatic carbocycles. The van der Waals surface area contributed by atoms with Gasteiger partial charge in [-0.05, 0) is 26.1 Å². The minimum Gasteiger partial charge on any atom is -0.354 e. The molecule has 27 heavy (non-hydrogen) atoms. The standard InChI is InChI=1S/C19H26FN7/c1-15-22-18(26-7-5-24(2)6-8-26)13-19(23-15)27-11-9-25(10-12-27)17-4-3-16(20)14-21-17/h3-4,13-14H,5-12H2,1-2H3.